The standard InChI is InChI=1S/C15H13BrClN3O2/c16-11-2-4-12(5-3-11)20-14(21)7-8-18-15(22)10-1-6-13(17)19-9-10/h1-6,9H,7-8H2,(H,18,22)(H,20,21). The Morgan fingerprint density at radius 3 is 2.50 bits per heavy atom. The molecule has 2 rings (SSSR count). The predicted octanol–water partition coefficient (Wildman–Crippen LogP) is 3.26. The molecule has 0 aliphatic carbocycles. The van der Waals surface area contributed by atoms with Gasteiger partial charge in [0.1, 0.15) is 5.15 Å². The van der Waals surface area contributed by atoms with E-state index in [1.54, 1.807) is 18.2 Å². The van der Waals surface area contributed by atoms with Gasteiger partial charge in [-0.1, -0.05) is 27.5 Å². The zero-order valence-electron chi connectivity index (χ0n) is 11.5. The Morgan fingerprint density at radius 2 is 1.86 bits per heavy atom. The van der Waals surface area contributed by atoms with Gasteiger partial charge in [-0.2, -0.15) is 0 Å². The highest BCUT2D eigenvalue weighted by molar-refractivity contribution is 9.10. The van der Waals surface area contributed by atoms with Crippen molar-refractivity contribution in [3.05, 3.63) is 57.8 Å². The lowest BCUT2D eigenvalue weighted by Crippen LogP contribution is -2.27. The lowest BCUT2D eigenvalue weighted by Gasteiger charge is -2.07. The van der Waals surface area contributed by atoms with Gasteiger partial charge in [0.05, 0.1) is 5.56 Å². The summed E-state index contributed by atoms with van der Waals surface area (Å²) in [5.41, 5.74) is 1.11. The van der Waals surface area contributed by atoms with Gasteiger partial charge in [0.2, 0.25) is 5.91 Å². The lowest BCUT2D eigenvalue weighted by molar-refractivity contribution is -0.116. The third kappa shape index (κ3) is 5.13. The smallest absolute Gasteiger partial charge is 0.252 e. The van der Waals surface area contributed by atoms with Gasteiger partial charge in [-0.25, -0.2) is 4.98 Å². The Labute approximate surface area is 141 Å². The summed E-state index contributed by atoms with van der Waals surface area (Å²) in [4.78, 5) is 27.4. The molecule has 114 valence electrons. The van der Waals surface area contributed by atoms with E-state index in [0.717, 1.165) is 4.47 Å². The highest BCUT2D eigenvalue weighted by Crippen LogP contribution is 2.14. The maximum Gasteiger partial charge on any atom is 0.252 e. The van der Waals surface area contributed by atoms with Crippen molar-refractivity contribution >= 4 is 45.0 Å². The second-order valence-corrected chi connectivity index (χ2v) is 5.73. The minimum absolute atomic E-state index is 0.170. The Morgan fingerprint density at radius 1 is 1.14 bits per heavy atom. The molecule has 2 aromatic rings. The monoisotopic (exact) mass is 381 g/mol. The maximum atomic E-state index is 11.8. The molecule has 0 spiro atoms. The molecule has 7 heteroatoms. The van der Waals surface area contributed by atoms with E-state index in [9.17, 15) is 9.59 Å². The van der Waals surface area contributed by atoms with Gasteiger partial charge in [-0.15, -0.1) is 0 Å². The van der Waals surface area contributed by atoms with Crippen LogP contribution in [0.4, 0.5) is 5.69 Å². The summed E-state index contributed by atoms with van der Waals surface area (Å²) in [6.07, 6.45) is 1.57. The SMILES string of the molecule is O=C(CCNC(=O)c1ccc(Cl)nc1)Nc1ccc(Br)cc1. The topological polar surface area (TPSA) is 71.1 Å². The van der Waals surface area contributed by atoms with E-state index >= 15 is 0 Å². The molecule has 22 heavy (non-hydrogen) atoms. The largest absolute Gasteiger partial charge is 0.351 e. The molecule has 5 nitrogen and oxygen atoms in total. The van der Waals surface area contributed by atoms with E-state index in [-0.39, 0.29) is 24.8 Å². The molecule has 0 bridgehead atoms. The minimum Gasteiger partial charge on any atom is -0.351 e. The molecule has 2 N–H and O–H groups in total. The molecule has 0 radical (unpaired) electrons. The van der Waals surface area contributed by atoms with Crippen molar-refractivity contribution in [2.24, 2.45) is 0 Å². The number of anilines is 1. The van der Waals surface area contributed by atoms with Gasteiger partial charge < -0.3 is 10.6 Å². The molecule has 0 aliphatic heterocycles. The number of hydrogen-bond donors (Lipinski definition) is 2. The van der Waals surface area contributed by atoms with E-state index in [1.807, 2.05) is 12.1 Å². The van der Waals surface area contributed by atoms with Crippen molar-refractivity contribution in [3.63, 3.8) is 0 Å². The van der Waals surface area contributed by atoms with E-state index in [2.05, 4.69) is 31.5 Å². The maximum absolute atomic E-state index is 11.8. The zero-order chi connectivity index (χ0) is 15.9. The number of hydrogen-bond acceptors (Lipinski definition) is 3. The van der Waals surface area contributed by atoms with Crippen LogP contribution in [0.15, 0.2) is 47.1 Å². The Bertz CT molecular complexity index is 659. The summed E-state index contributed by atoms with van der Waals surface area (Å²) < 4.78 is 0.939. The number of benzene rings is 1. The van der Waals surface area contributed by atoms with Crippen LogP contribution >= 0.6 is 27.5 Å². The van der Waals surface area contributed by atoms with E-state index < -0.39 is 0 Å². The molecular formula is C15H13BrClN3O2. The Hall–Kier alpha value is -1.92. The molecule has 0 unspecified atom stereocenters. The predicted molar refractivity (Wildman–Crippen MR) is 89.0 cm³/mol. The van der Waals surface area contributed by atoms with Crippen LogP contribution in [-0.2, 0) is 4.79 Å². The van der Waals surface area contributed by atoms with Crippen molar-refractivity contribution in [2.45, 2.75) is 6.42 Å². The number of aromatic nitrogens is 1. The first-order valence-corrected chi connectivity index (χ1v) is 7.67. The average molecular weight is 383 g/mol. The molecule has 0 atom stereocenters. The number of nitrogens with one attached hydrogen (secondary N) is 2. The molecule has 1 aromatic heterocycles. The van der Waals surface area contributed by atoms with Gasteiger partial charge in [0, 0.05) is 29.3 Å². The first-order valence-electron chi connectivity index (χ1n) is 6.50. The summed E-state index contributed by atoms with van der Waals surface area (Å²) in [6, 6.07) is 10.4. The van der Waals surface area contributed by atoms with Gasteiger partial charge in [0.15, 0.2) is 0 Å². The van der Waals surface area contributed by atoms with Gasteiger partial charge in [-0.3, -0.25) is 9.59 Å². The summed E-state index contributed by atoms with van der Waals surface area (Å²) in [5.74, 6) is -0.461. The molecule has 2 amide bonds. The number of pyridine rings is 1. The van der Waals surface area contributed by atoms with Gasteiger partial charge >= 0.3 is 0 Å². The van der Waals surface area contributed by atoms with Crippen LogP contribution in [0.2, 0.25) is 5.15 Å². The van der Waals surface area contributed by atoms with Gasteiger partial charge in [0.25, 0.3) is 5.91 Å². The number of carbonyl (C=O) groups excluding carboxylic acids is 2. The van der Waals surface area contributed by atoms with E-state index in [4.69, 9.17) is 11.6 Å². The third-order valence-electron chi connectivity index (χ3n) is 2.76. The third-order valence-corrected chi connectivity index (χ3v) is 3.51. The van der Waals surface area contributed by atoms with Crippen molar-refractivity contribution in [1.82, 2.24) is 10.3 Å². The second kappa shape index (κ2) is 7.91. The summed E-state index contributed by atoms with van der Waals surface area (Å²) >= 11 is 8.97. The molecule has 1 heterocycles. The first-order chi connectivity index (χ1) is 10.5. The Kier molecular flexibility index (Phi) is 5.91. The second-order valence-electron chi connectivity index (χ2n) is 4.43. The first kappa shape index (κ1) is 16.5. The minimum atomic E-state index is -0.291. The van der Waals surface area contributed by atoms with Crippen molar-refractivity contribution in [2.75, 3.05) is 11.9 Å². The lowest BCUT2D eigenvalue weighted by atomic mass is 10.2. The summed E-state index contributed by atoms with van der Waals surface area (Å²) in [7, 11) is 0. The number of halogens is 2. The van der Waals surface area contributed by atoms with Crippen LogP contribution in [0.25, 0.3) is 0 Å². The summed E-state index contributed by atoms with van der Waals surface area (Å²) in [6.45, 7) is 0.240. The normalized spacial score (nSPS) is 10.1. The fourth-order valence-corrected chi connectivity index (χ4v) is 2.03. The quantitative estimate of drug-likeness (QED) is 0.780. The molecular weight excluding hydrogens is 370 g/mol. The highest BCUT2D eigenvalue weighted by atomic mass is 79.9. The number of nitrogens with zero attached hydrogens (tertiary/aromatic N) is 1. The fourth-order valence-electron chi connectivity index (χ4n) is 1.66. The van der Waals surface area contributed by atoms with Crippen LogP contribution < -0.4 is 10.6 Å². The number of carbonyl (C=O) groups is 2. The van der Waals surface area contributed by atoms with Crippen LogP contribution in [0.3, 0.4) is 0 Å². The van der Waals surface area contributed by atoms with E-state index in [1.165, 1.54) is 12.3 Å². The fraction of sp³-hybridized carbons (Fsp3) is 0.133. The number of amides is 2. The number of rotatable bonds is 5. The van der Waals surface area contributed by atoms with Crippen molar-refractivity contribution in [3.8, 4) is 0 Å². The van der Waals surface area contributed by atoms with Crippen molar-refractivity contribution in [1.29, 1.82) is 0 Å². The molecule has 0 fully saturated rings. The van der Waals surface area contributed by atoms with Crippen LogP contribution in [0, 0.1) is 0 Å². The molecule has 0 saturated heterocycles. The Balaban J connectivity index is 1.75. The molecule has 0 aliphatic rings. The van der Waals surface area contributed by atoms with Crippen LogP contribution in [0.5, 0.6) is 0 Å². The summed E-state index contributed by atoms with van der Waals surface area (Å²) in [5, 5.41) is 5.73. The van der Waals surface area contributed by atoms with Crippen LogP contribution in [-0.4, -0.2) is 23.3 Å². The van der Waals surface area contributed by atoms with E-state index in [0.29, 0.717) is 16.4 Å². The highest BCUT2D eigenvalue weighted by Gasteiger charge is 2.07. The zero-order valence-corrected chi connectivity index (χ0v) is 13.8. The van der Waals surface area contributed by atoms with Crippen molar-refractivity contribution < 1.29 is 9.59 Å². The van der Waals surface area contributed by atoms with Crippen LogP contribution in [0.1, 0.15) is 16.8 Å². The molecule has 1 aromatic carbocycles. The molecule has 0 saturated carbocycles. The average Bonchev–Trinajstić information content (AvgIpc) is 2.50. The van der Waals surface area contributed by atoms with Gasteiger partial charge in [-0.05, 0) is 36.4 Å².